The second kappa shape index (κ2) is 4.39. The Bertz CT molecular complexity index is 749. The highest BCUT2D eigenvalue weighted by atomic mass is 19.1. The standard InChI is InChI=1S/C15H13FN2O/c1-10-7-11(3-5-14(10)19-2)13-9-18-8-12(16)4-6-15(18)17-13/h3-9H,1-2H3. The maximum Gasteiger partial charge on any atom is 0.139 e. The van der Waals surface area contributed by atoms with Crippen molar-refractivity contribution in [1.82, 2.24) is 9.38 Å². The summed E-state index contributed by atoms with van der Waals surface area (Å²) >= 11 is 0. The van der Waals surface area contributed by atoms with E-state index in [4.69, 9.17) is 4.74 Å². The van der Waals surface area contributed by atoms with Gasteiger partial charge in [0.15, 0.2) is 0 Å². The second-order valence-corrected chi connectivity index (χ2v) is 4.42. The number of benzene rings is 1. The topological polar surface area (TPSA) is 26.5 Å². The first kappa shape index (κ1) is 11.7. The summed E-state index contributed by atoms with van der Waals surface area (Å²) in [4.78, 5) is 4.48. The molecule has 0 radical (unpaired) electrons. The number of rotatable bonds is 2. The molecule has 3 aromatic rings. The number of fused-ring (bicyclic) bond motifs is 1. The molecule has 0 unspecified atom stereocenters. The highest BCUT2D eigenvalue weighted by Gasteiger charge is 2.07. The summed E-state index contributed by atoms with van der Waals surface area (Å²) in [6, 6.07) is 8.94. The molecule has 0 spiro atoms. The molecule has 0 amide bonds. The van der Waals surface area contributed by atoms with Crippen LogP contribution in [0.1, 0.15) is 5.56 Å². The zero-order valence-corrected chi connectivity index (χ0v) is 10.7. The first-order valence-corrected chi connectivity index (χ1v) is 5.96. The highest BCUT2D eigenvalue weighted by Crippen LogP contribution is 2.25. The van der Waals surface area contributed by atoms with Gasteiger partial charge in [0.1, 0.15) is 17.2 Å². The quantitative estimate of drug-likeness (QED) is 0.702. The van der Waals surface area contributed by atoms with Crippen LogP contribution in [0.15, 0.2) is 42.7 Å². The highest BCUT2D eigenvalue weighted by molar-refractivity contribution is 5.64. The average molecular weight is 256 g/mol. The fourth-order valence-electron chi connectivity index (χ4n) is 2.14. The van der Waals surface area contributed by atoms with E-state index in [1.54, 1.807) is 17.6 Å². The lowest BCUT2D eigenvalue weighted by molar-refractivity contribution is 0.412. The van der Waals surface area contributed by atoms with E-state index in [-0.39, 0.29) is 5.82 Å². The molecule has 0 fully saturated rings. The number of methoxy groups -OCH3 is 1. The van der Waals surface area contributed by atoms with Crippen LogP contribution in [0.3, 0.4) is 0 Å². The van der Waals surface area contributed by atoms with E-state index in [2.05, 4.69) is 4.98 Å². The molecule has 0 aliphatic rings. The van der Waals surface area contributed by atoms with E-state index in [0.29, 0.717) is 0 Å². The van der Waals surface area contributed by atoms with Gasteiger partial charge in [0.25, 0.3) is 0 Å². The Hall–Kier alpha value is -2.36. The van der Waals surface area contributed by atoms with E-state index < -0.39 is 0 Å². The lowest BCUT2D eigenvalue weighted by Gasteiger charge is -2.05. The van der Waals surface area contributed by atoms with Crippen LogP contribution in [0.25, 0.3) is 16.9 Å². The third-order valence-electron chi connectivity index (χ3n) is 3.11. The van der Waals surface area contributed by atoms with Crippen LogP contribution in [0.4, 0.5) is 4.39 Å². The van der Waals surface area contributed by atoms with E-state index in [1.165, 1.54) is 12.3 Å². The fraction of sp³-hybridized carbons (Fsp3) is 0.133. The van der Waals surface area contributed by atoms with Gasteiger partial charge in [-0.3, -0.25) is 0 Å². The molecule has 3 rings (SSSR count). The first-order valence-electron chi connectivity index (χ1n) is 5.96. The molecule has 96 valence electrons. The summed E-state index contributed by atoms with van der Waals surface area (Å²) in [5.41, 5.74) is 3.58. The van der Waals surface area contributed by atoms with E-state index in [0.717, 1.165) is 28.2 Å². The minimum Gasteiger partial charge on any atom is -0.496 e. The number of imidazole rings is 1. The van der Waals surface area contributed by atoms with Crippen molar-refractivity contribution in [2.45, 2.75) is 6.92 Å². The average Bonchev–Trinajstić information content (AvgIpc) is 2.81. The SMILES string of the molecule is COc1ccc(-c2cn3cc(F)ccc3n2)cc1C. The third-order valence-corrected chi connectivity index (χ3v) is 3.11. The van der Waals surface area contributed by atoms with Gasteiger partial charge in [-0.2, -0.15) is 0 Å². The van der Waals surface area contributed by atoms with Gasteiger partial charge in [-0.15, -0.1) is 0 Å². The number of aryl methyl sites for hydroxylation is 1. The van der Waals surface area contributed by atoms with Crippen LogP contribution in [0, 0.1) is 12.7 Å². The Balaban J connectivity index is 2.11. The molecule has 0 saturated carbocycles. The van der Waals surface area contributed by atoms with Crippen LogP contribution in [0.5, 0.6) is 5.75 Å². The summed E-state index contributed by atoms with van der Waals surface area (Å²) in [7, 11) is 1.65. The van der Waals surface area contributed by atoms with Crippen molar-refractivity contribution < 1.29 is 9.13 Å². The zero-order valence-electron chi connectivity index (χ0n) is 10.7. The number of nitrogens with zero attached hydrogens (tertiary/aromatic N) is 2. The number of ether oxygens (including phenoxy) is 1. The molecule has 19 heavy (non-hydrogen) atoms. The van der Waals surface area contributed by atoms with Crippen molar-refractivity contribution >= 4 is 5.65 Å². The van der Waals surface area contributed by atoms with Gasteiger partial charge in [-0.1, -0.05) is 0 Å². The summed E-state index contributed by atoms with van der Waals surface area (Å²) in [5.74, 6) is 0.570. The summed E-state index contributed by atoms with van der Waals surface area (Å²) in [6.07, 6.45) is 3.24. The van der Waals surface area contributed by atoms with Crippen molar-refractivity contribution in [3.63, 3.8) is 0 Å². The van der Waals surface area contributed by atoms with Gasteiger partial charge < -0.3 is 9.14 Å². The molecule has 0 N–H and O–H groups in total. The molecular weight excluding hydrogens is 243 g/mol. The van der Waals surface area contributed by atoms with Gasteiger partial charge in [0.05, 0.1) is 12.8 Å². The van der Waals surface area contributed by atoms with Crippen LogP contribution in [-0.2, 0) is 0 Å². The van der Waals surface area contributed by atoms with E-state index in [9.17, 15) is 4.39 Å². The first-order chi connectivity index (χ1) is 9.17. The Morgan fingerprint density at radius 3 is 2.74 bits per heavy atom. The molecule has 2 aromatic heterocycles. The Labute approximate surface area is 110 Å². The van der Waals surface area contributed by atoms with Crippen molar-refractivity contribution in [1.29, 1.82) is 0 Å². The monoisotopic (exact) mass is 256 g/mol. The third kappa shape index (κ3) is 2.05. The molecule has 2 heterocycles. The normalized spacial score (nSPS) is 10.9. The zero-order chi connectivity index (χ0) is 13.4. The van der Waals surface area contributed by atoms with Crippen molar-refractivity contribution in [3.8, 4) is 17.0 Å². The Morgan fingerprint density at radius 2 is 2.00 bits per heavy atom. The Morgan fingerprint density at radius 1 is 1.16 bits per heavy atom. The summed E-state index contributed by atoms with van der Waals surface area (Å²) in [6.45, 7) is 1.98. The number of halogens is 1. The molecule has 3 nitrogen and oxygen atoms in total. The molecular formula is C15H13FN2O. The summed E-state index contributed by atoms with van der Waals surface area (Å²) in [5, 5.41) is 0. The minimum atomic E-state index is -0.276. The van der Waals surface area contributed by atoms with Crippen LogP contribution < -0.4 is 4.74 Å². The van der Waals surface area contributed by atoms with Gasteiger partial charge in [-0.25, -0.2) is 9.37 Å². The van der Waals surface area contributed by atoms with E-state index in [1.807, 2.05) is 31.3 Å². The van der Waals surface area contributed by atoms with Crippen LogP contribution in [-0.4, -0.2) is 16.5 Å². The van der Waals surface area contributed by atoms with Gasteiger partial charge in [-0.05, 0) is 42.8 Å². The number of hydrogen-bond acceptors (Lipinski definition) is 2. The fourth-order valence-corrected chi connectivity index (χ4v) is 2.14. The number of hydrogen-bond donors (Lipinski definition) is 0. The lowest BCUT2D eigenvalue weighted by atomic mass is 10.1. The molecule has 0 saturated heterocycles. The molecule has 4 heteroatoms. The minimum absolute atomic E-state index is 0.276. The van der Waals surface area contributed by atoms with E-state index >= 15 is 0 Å². The molecule has 0 aliphatic heterocycles. The largest absolute Gasteiger partial charge is 0.496 e. The van der Waals surface area contributed by atoms with Crippen LogP contribution >= 0.6 is 0 Å². The molecule has 0 aliphatic carbocycles. The van der Waals surface area contributed by atoms with Crippen LogP contribution in [0.2, 0.25) is 0 Å². The maximum absolute atomic E-state index is 13.1. The maximum atomic E-state index is 13.1. The van der Waals surface area contributed by atoms with Gasteiger partial charge >= 0.3 is 0 Å². The van der Waals surface area contributed by atoms with Gasteiger partial charge in [0.2, 0.25) is 0 Å². The van der Waals surface area contributed by atoms with Crippen molar-refractivity contribution in [3.05, 3.63) is 54.1 Å². The predicted octanol–water partition coefficient (Wildman–Crippen LogP) is 3.46. The Kier molecular flexibility index (Phi) is 2.71. The van der Waals surface area contributed by atoms with Crippen molar-refractivity contribution in [2.75, 3.05) is 7.11 Å². The number of pyridine rings is 1. The molecule has 1 aromatic carbocycles. The predicted molar refractivity (Wildman–Crippen MR) is 71.9 cm³/mol. The lowest BCUT2D eigenvalue weighted by Crippen LogP contribution is -1.87. The number of aromatic nitrogens is 2. The van der Waals surface area contributed by atoms with Crippen molar-refractivity contribution in [2.24, 2.45) is 0 Å². The molecule has 0 atom stereocenters. The van der Waals surface area contributed by atoms with Gasteiger partial charge in [0, 0.05) is 18.0 Å². The smallest absolute Gasteiger partial charge is 0.139 e. The summed E-state index contributed by atoms with van der Waals surface area (Å²) < 4.78 is 20.1. The molecule has 0 bridgehead atoms. The second-order valence-electron chi connectivity index (χ2n) is 4.42.